The van der Waals surface area contributed by atoms with Gasteiger partial charge in [0, 0.05) is 23.1 Å². The van der Waals surface area contributed by atoms with Crippen LogP contribution >= 0.6 is 15.9 Å². The lowest BCUT2D eigenvalue weighted by molar-refractivity contribution is 0.111. The maximum absolute atomic E-state index is 6.42. The topological polar surface area (TPSA) is 29.3 Å². The molecule has 0 aromatic heterocycles. The van der Waals surface area contributed by atoms with Crippen molar-refractivity contribution in [2.45, 2.75) is 45.2 Å². The number of piperidine rings is 1. The van der Waals surface area contributed by atoms with Crippen molar-refractivity contribution >= 4 is 15.9 Å². The van der Waals surface area contributed by atoms with E-state index in [2.05, 4.69) is 58.9 Å². The Morgan fingerprint density at radius 1 is 1.47 bits per heavy atom. The van der Waals surface area contributed by atoms with Gasteiger partial charge in [-0.2, -0.15) is 0 Å². The van der Waals surface area contributed by atoms with Crippen LogP contribution in [0.15, 0.2) is 28.7 Å². The van der Waals surface area contributed by atoms with Gasteiger partial charge in [-0.25, -0.2) is 0 Å². The molecule has 0 saturated carbocycles. The molecule has 0 radical (unpaired) electrons. The molecule has 3 atom stereocenters. The minimum atomic E-state index is 0.208. The third kappa shape index (κ3) is 3.80. The highest BCUT2D eigenvalue weighted by molar-refractivity contribution is 9.10. The highest BCUT2D eigenvalue weighted by Crippen LogP contribution is 2.31. The minimum absolute atomic E-state index is 0.208. The highest BCUT2D eigenvalue weighted by Gasteiger charge is 2.28. The van der Waals surface area contributed by atoms with E-state index in [-0.39, 0.29) is 6.04 Å². The van der Waals surface area contributed by atoms with Crippen LogP contribution < -0.4 is 5.73 Å². The lowest BCUT2D eigenvalue weighted by atomic mass is 9.92. The maximum atomic E-state index is 6.42. The Kier molecular flexibility index (Phi) is 5.43. The van der Waals surface area contributed by atoms with Crippen molar-refractivity contribution in [3.8, 4) is 0 Å². The Labute approximate surface area is 125 Å². The molecule has 3 unspecified atom stereocenters. The summed E-state index contributed by atoms with van der Waals surface area (Å²) in [6.45, 7) is 6.88. The number of benzene rings is 1. The molecule has 1 saturated heterocycles. The Morgan fingerprint density at radius 3 is 2.89 bits per heavy atom. The van der Waals surface area contributed by atoms with E-state index in [0.717, 1.165) is 16.8 Å². The van der Waals surface area contributed by atoms with Crippen molar-refractivity contribution in [3.63, 3.8) is 0 Å². The molecule has 1 aromatic rings. The fourth-order valence-electron chi connectivity index (χ4n) is 3.12. The first-order valence-corrected chi connectivity index (χ1v) is 8.16. The minimum Gasteiger partial charge on any atom is -0.326 e. The van der Waals surface area contributed by atoms with Crippen LogP contribution in [-0.4, -0.2) is 24.0 Å². The van der Waals surface area contributed by atoms with E-state index < -0.39 is 0 Å². The molecule has 19 heavy (non-hydrogen) atoms. The Hall–Kier alpha value is -0.380. The van der Waals surface area contributed by atoms with Gasteiger partial charge in [0.15, 0.2) is 0 Å². The van der Waals surface area contributed by atoms with Crippen molar-refractivity contribution in [2.75, 3.05) is 13.1 Å². The summed E-state index contributed by atoms with van der Waals surface area (Å²) in [5.74, 6) is 0.785. The van der Waals surface area contributed by atoms with Gasteiger partial charge in [0.05, 0.1) is 0 Å². The number of halogens is 1. The van der Waals surface area contributed by atoms with Crippen LogP contribution in [0.5, 0.6) is 0 Å². The summed E-state index contributed by atoms with van der Waals surface area (Å²) in [5, 5.41) is 0. The zero-order valence-corrected chi connectivity index (χ0v) is 13.6. The van der Waals surface area contributed by atoms with Gasteiger partial charge in [-0.3, -0.25) is 4.90 Å². The summed E-state index contributed by atoms with van der Waals surface area (Å²) >= 11 is 3.58. The third-order valence-electron chi connectivity index (χ3n) is 4.15. The molecule has 2 N–H and O–H groups in total. The van der Waals surface area contributed by atoms with E-state index in [0.29, 0.717) is 6.04 Å². The highest BCUT2D eigenvalue weighted by atomic mass is 79.9. The van der Waals surface area contributed by atoms with Gasteiger partial charge in [0.1, 0.15) is 0 Å². The number of likely N-dealkylation sites (tertiary alicyclic amines) is 1. The van der Waals surface area contributed by atoms with Crippen LogP contribution in [-0.2, 0) is 0 Å². The predicted octanol–water partition coefficient (Wildman–Crippen LogP) is 3.96. The van der Waals surface area contributed by atoms with Gasteiger partial charge in [-0.1, -0.05) is 41.9 Å². The number of nitrogens with two attached hydrogens (primary N) is 1. The Morgan fingerprint density at radius 2 is 2.26 bits per heavy atom. The van der Waals surface area contributed by atoms with Crippen molar-refractivity contribution < 1.29 is 0 Å². The summed E-state index contributed by atoms with van der Waals surface area (Å²) in [4.78, 5) is 2.59. The van der Waals surface area contributed by atoms with Crippen molar-refractivity contribution in [1.82, 2.24) is 4.90 Å². The van der Waals surface area contributed by atoms with Gasteiger partial charge < -0.3 is 5.73 Å². The van der Waals surface area contributed by atoms with E-state index in [1.807, 2.05) is 0 Å². The third-order valence-corrected chi connectivity index (χ3v) is 4.64. The Balaban J connectivity index is 2.25. The summed E-state index contributed by atoms with van der Waals surface area (Å²) in [7, 11) is 0. The normalized spacial score (nSPS) is 24.1. The number of rotatable bonds is 4. The second-order valence-corrected chi connectivity index (χ2v) is 6.73. The van der Waals surface area contributed by atoms with Crippen molar-refractivity contribution in [2.24, 2.45) is 11.7 Å². The zero-order chi connectivity index (χ0) is 13.8. The van der Waals surface area contributed by atoms with Crippen molar-refractivity contribution in [1.29, 1.82) is 0 Å². The van der Waals surface area contributed by atoms with E-state index in [4.69, 9.17) is 5.73 Å². The van der Waals surface area contributed by atoms with Gasteiger partial charge in [0.2, 0.25) is 0 Å². The molecule has 2 rings (SSSR count). The summed E-state index contributed by atoms with van der Waals surface area (Å²) < 4.78 is 1.14. The first-order chi connectivity index (χ1) is 9.11. The lowest BCUT2D eigenvalue weighted by Crippen LogP contribution is -2.45. The molecule has 1 heterocycles. The molecule has 1 aliphatic rings. The molecular weight excluding hydrogens is 300 g/mol. The molecule has 2 nitrogen and oxygen atoms in total. The van der Waals surface area contributed by atoms with Gasteiger partial charge >= 0.3 is 0 Å². The molecular formula is C16H25BrN2. The van der Waals surface area contributed by atoms with Crippen LogP contribution in [0, 0.1) is 5.92 Å². The second kappa shape index (κ2) is 6.87. The summed E-state index contributed by atoms with van der Waals surface area (Å²) in [6.07, 6.45) is 3.66. The molecule has 0 aliphatic carbocycles. The SMILES string of the molecule is CCC(N)C(c1cccc(Br)c1)N1CCCC(C)C1. The van der Waals surface area contributed by atoms with Gasteiger partial charge in [-0.15, -0.1) is 0 Å². The standard InChI is InChI=1S/C16H25BrN2/c1-3-15(18)16(13-7-4-8-14(17)10-13)19-9-5-6-12(2)11-19/h4,7-8,10,12,15-16H,3,5-6,9,11,18H2,1-2H3. The van der Waals surface area contributed by atoms with Crippen molar-refractivity contribution in [3.05, 3.63) is 34.3 Å². The first kappa shape index (κ1) is 15.0. The Bertz CT molecular complexity index is 407. The van der Waals surface area contributed by atoms with Crippen LogP contribution in [0.4, 0.5) is 0 Å². The van der Waals surface area contributed by atoms with E-state index in [1.54, 1.807) is 0 Å². The average Bonchev–Trinajstić information content (AvgIpc) is 2.39. The largest absolute Gasteiger partial charge is 0.326 e. The number of nitrogens with zero attached hydrogens (tertiary/aromatic N) is 1. The van der Waals surface area contributed by atoms with E-state index in [9.17, 15) is 0 Å². The van der Waals surface area contributed by atoms with Gasteiger partial charge in [-0.05, 0) is 49.4 Å². The summed E-state index contributed by atoms with van der Waals surface area (Å²) in [6, 6.07) is 9.19. The molecule has 0 amide bonds. The maximum Gasteiger partial charge on any atom is 0.0499 e. The fraction of sp³-hybridized carbons (Fsp3) is 0.625. The van der Waals surface area contributed by atoms with E-state index >= 15 is 0 Å². The van der Waals surface area contributed by atoms with Gasteiger partial charge in [0.25, 0.3) is 0 Å². The summed E-state index contributed by atoms with van der Waals surface area (Å²) in [5.41, 5.74) is 7.76. The molecule has 0 spiro atoms. The van der Waals surface area contributed by atoms with Crippen LogP contribution in [0.1, 0.15) is 44.7 Å². The second-order valence-electron chi connectivity index (χ2n) is 5.81. The monoisotopic (exact) mass is 324 g/mol. The smallest absolute Gasteiger partial charge is 0.0499 e. The quantitative estimate of drug-likeness (QED) is 0.908. The first-order valence-electron chi connectivity index (χ1n) is 7.37. The molecule has 106 valence electrons. The molecule has 1 aliphatic heterocycles. The number of hydrogen-bond donors (Lipinski definition) is 1. The van der Waals surface area contributed by atoms with E-state index in [1.165, 1.54) is 31.5 Å². The van der Waals surface area contributed by atoms with Crippen LogP contribution in [0.2, 0.25) is 0 Å². The van der Waals surface area contributed by atoms with Crippen LogP contribution in [0.25, 0.3) is 0 Å². The molecule has 1 fully saturated rings. The predicted molar refractivity (Wildman–Crippen MR) is 85.1 cm³/mol. The average molecular weight is 325 g/mol. The zero-order valence-electron chi connectivity index (χ0n) is 12.0. The fourth-order valence-corrected chi connectivity index (χ4v) is 3.54. The molecule has 1 aromatic carbocycles. The lowest BCUT2D eigenvalue weighted by Gasteiger charge is -2.40. The van der Waals surface area contributed by atoms with Crippen LogP contribution in [0.3, 0.4) is 0 Å². The molecule has 0 bridgehead atoms. The number of hydrogen-bond acceptors (Lipinski definition) is 2. The molecule has 3 heteroatoms.